The summed E-state index contributed by atoms with van der Waals surface area (Å²) in [5.41, 5.74) is 0. The van der Waals surface area contributed by atoms with Crippen LogP contribution in [0.2, 0.25) is 10.6 Å². The second-order valence-corrected chi connectivity index (χ2v) is 5.00. The first kappa shape index (κ1) is 12.8. The van der Waals surface area contributed by atoms with Crippen molar-refractivity contribution in [3.63, 3.8) is 0 Å². The quantitative estimate of drug-likeness (QED) is 0.892. The fourth-order valence-electron chi connectivity index (χ4n) is 1.63. The van der Waals surface area contributed by atoms with Gasteiger partial charge in [0, 0.05) is 18.6 Å². The van der Waals surface area contributed by atoms with Crippen molar-refractivity contribution < 1.29 is 0 Å². The summed E-state index contributed by atoms with van der Waals surface area (Å²) in [5.74, 6) is 0.422. The van der Waals surface area contributed by atoms with Gasteiger partial charge in [-0.1, -0.05) is 0 Å². The molecule has 0 aliphatic heterocycles. The molecule has 1 unspecified atom stereocenters. The smallest absolute Gasteiger partial charge is 0.228 e. The SMILES string of the molecule is CC(CNc1nc(Cl)nc(Cl)n1)N(C)C1CC1. The van der Waals surface area contributed by atoms with E-state index in [0.717, 1.165) is 12.6 Å². The van der Waals surface area contributed by atoms with Crippen molar-refractivity contribution in [3.05, 3.63) is 10.6 Å². The maximum Gasteiger partial charge on any atom is 0.228 e. The van der Waals surface area contributed by atoms with Crippen LogP contribution in [0.25, 0.3) is 0 Å². The van der Waals surface area contributed by atoms with E-state index in [1.807, 2.05) is 0 Å². The lowest BCUT2D eigenvalue weighted by Gasteiger charge is -2.24. The van der Waals surface area contributed by atoms with Crippen LogP contribution in [0.1, 0.15) is 19.8 Å². The van der Waals surface area contributed by atoms with Gasteiger partial charge in [-0.05, 0) is 50.0 Å². The average Bonchev–Trinajstić information content (AvgIpc) is 3.07. The predicted molar refractivity (Wildman–Crippen MR) is 68.6 cm³/mol. The van der Waals surface area contributed by atoms with Crippen molar-refractivity contribution in [2.24, 2.45) is 0 Å². The third-order valence-electron chi connectivity index (χ3n) is 2.95. The lowest BCUT2D eigenvalue weighted by Crippen LogP contribution is -2.36. The third kappa shape index (κ3) is 3.66. The molecule has 1 atom stereocenters. The molecule has 0 aromatic carbocycles. The second kappa shape index (κ2) is 5.33. The summed E-state index contributed by atoms with van der Waals surface area (Å²) < 4.78 is 0. The van der Waals surface area contributed by atoms with Gasteiger partial charge in [0.1, 0.15) is 0 Å². The number of aromatic nitrogens is 3. The molecular weight excluding hydrogens is 261 g/mol. The predicted octanol–water partition coefficient (Wildman–Crippen LogP) is 2.07. The molecule has 0 bridgehead atoms. The van der Waals surface area contributed by atoms with Crippen LogP contribution in [0, 0.1) is 0 Å². The van der Waals surface area contributed by atoms with E-state index >= 15 is 0 Å². The van der Waals surface area contributed by atoms with Crippen LogP contribution in [0.3, 0.4) is 0 Å². The van der Waals surface area contributed by atoms with Crippen LogP contribution in [0.4, 0.5) is 5.95 Å². The van der Waals surface area contributed by atoms with Crippen LogP contribution in [0.5, 0.6) is 0 Å². The van der Waals surface area contributed by atoms with Gasteiger partial charge in [-0.2, -0.15) is 15.0 Å². The minimum Gasteiger partial charge on any atom is -0.352 e. The monoisotopic (exact) mass is 275 g/mol. The number of likely N-dealkylation sites (N-methyl/N-ethyl adjacent to an activating group) is 1. The highest BCUT2D eigenvalue weighted by Crippen LogP contribution is 2.26. The molecular formula is C10H15Cl2N5. The largest absolute Gasteiger partial charge is 0.352 e. The number of hydrogen-bond donors (Lipinski definition) is 1. The Balaban J connectivity index is 1.88. The molecule has 1 fully saturated rings. The highest BCUT2D eigenvalue weighted by atomic mass is 35.5. The summed E-state index contributed by atoms with van der Waals surface area (Å²) in [6.45, 7) is 2.92. The first-order valence-corrected chi connectivity index (χ1v) is 6.34. The summed E-state index contributed by atoms with van der Waals surface area (Å²) in [7, 11) is 2.14. The molecule has 1 saturated carbocycles. The maximum atomic E-state index is 5.69. The zero-order valence-electron chi connectivity index (χ0n) is 9.82. The molecule has 1 aliphatic carbocycles. The van der Waals surface area contributed by atoms with Gasteiger partial charge in [-0.15, -0.1) is 0 Å². The van der Waals surface area contributed by atoms with E-state index < -0.39 is 0 Å². The molecule has 1 heterocycles. The van der Waals surface area contributed by atoms with Crippen molar-refractivity contribution in [3.8, 4) is 0 Å². The van der Waals surface area contributed by atoms with Crippen molar-refractivity contribution in [2.75, 3.05) is 18.9 Å². The van der Waals surface area contributed by atoms with Crippen LogP contribution in [-0.2, 0) is 0 Å². The van der Waals surface area contributed by atoms with E-state index in [-0.39, 0.29) is 10.6 Å². The zero-order valence-corrected chi connectivity index (χ0v) is 11.3. The average molecular weight is 276 g/mol. The number of halogens is 2. The maximum absolute atomic E-state index is 5.69. The van der Waals surface area contributed by atoms with Gasteiger partial charge in [0.2, 0.25) is 16.5 Å². The zero-order chi connectivity index (χ0) is 12.4. The second-order valence-electron chi connectivity index (χ2n) is 4.32. The van der Waals surface area contributed by atoms with Crippen molar-refractivity contribution in [1.29, 1.82) is 0 Å². The molecule has 5 nitrogen and oxygen atoms in total. The van der Waals surface area contributed by atoms with E-state index in [2.05, 4.69) is 39.1 Å². The highest BCUT2D eigenvalue weighted by molar-refractivity contribution is 6.31. The molecule has 1 aromatic rings. The highest BCUT2D eigenvalue weighted by Gasteiger charge is 2.28. The van der Waals surface area contributed by atoms with Gasteiger partial charge < -0.3 is 5.32 Å². The standard InChI is InChI=1S/C10H15Cl2N5/c1-6(17(2)7-3-4-7)5-13-10-15-8(11)14-9(12)16-10/h6-7H,3-5H2,1-2H3,(H,13,14,15,16). The Labute approximate surface area is 111 Å². The first-order chi connectivity index (χ1) is 8.06. The number of nitrogens with zero attached hydrogens (tertiary/aromatic N) is 4. The number of anilines is 1. The Morgan fingerprint density at radius 2 is 1.88 bits per heavy atom. The van der Waals surface area contributed by atoms with Crippen LogP contribution >= 0.6 is 23.2 Å². The normalized spacial score (nSPS) is 17.2. The number of rotatable bonds is 5. The van der Waals surface area contributed by atoms with Gasteiger partial charge >= 0.3 is 0 Å². The van der Waals surface area contributed by atoms with Crippen LogP contribution < -0.4 is 5.32 Å². The van der Waals surface area contributed by atoms with Gasteiger partial charge in [0.05, 0.1) is 0 Å². The van der Waals surface area contributed by atoms with Gasteiger partial charge in [-0.25, -0.2) is 0 Å². The molecule has 0 radical (unpaired) electrons. The molecule has 1 aliphatic rings. The Hall–Kier alpha value is -0.650. The van der Waals surface area contributed by atoms with E-state index in [1.54, 1.807) is 0 Å². The van der Waals surface area contributed by atoms with Crippen molar-refractivity contribution >= 4 is 29.2 Å². The molecule has 1 N–H and O–H groups in total. The molecule has 7 heteroatoms. The van der Waals surface area contributed by atoms with Gasteiger partial charge in [-0.3, -0.25) is 4.90 Å². The molecule has 0 saturated heterocycles. The van der Waals surface area contributed by atoms with Crippen LogP contribution in [-0.4, -0.2) is 45.5 Å². The minimum absolute atomic E-state index is 0.107. The molecule has 0 amide bonds. The third-order valence-corrected chi connectivity index (χ3v) is 3.29. The summed E-state index contributed by atoms with van der Waals surface area (Å²) in [5, 5.41) is 3.33. The first-order valence-electron chi connectivity index (χ1n) is 5.59. The van der Waals surface area contributed by atoms with E-state index in [9.17, 15) is 0 Å². The lowest BCUT2D eigenvalue weighted by molar-refractivity contribution is 0.257. The Bertz CT molecular complexity index is 376. The molecule has 1 aromatic heterocycles. The van der Waals surface area contributed by atoms with Crippen LogP contribution in [0.15, 0.2) is 0 Å². The summed E-state index contributed by atoms with van der Waals surface area (Å²) in [4.78, 5) is 14.0. The van der Waals surface area contributed by atoms with E-state index in [0.29, 0.717) is 12.0 Å². The topological polar surface area (TPSA) is 53.9 Å². The van der Waals surface area contributed by atoms with Gasteiger partial charge in [0.25, 0.3) is 0 Å². The van der Waals surface area contributed by atoms with E-state index in [4.69, 9.17) is 23.2 Å². The summed E-state index contributed by atoms with van der Waals surface area (Å²) in [6, 6.07) is 1.15. The fraction of sp³-hybridized carbons (Fsp3) is 0.700. The number of hydrogen-bond acceptors (Lipinski definition) is 5. The Morgan fingerprint density at radius 3 is 2.41 bits per heavy atom. The van der Waals surface area contributed by atoms with Crippen molar-refractivity contribution in [1.82, 2.24) is 19.9 Å². The number of nitrogens with one attached hydrogen (secondary N) is 1. The Kier molecular flexibility index (Phi) is 4.01. The van der Waals surface area contributed by atoms with Crippen molar-refractivity contribution in [2.45, 2.75) is 31.8 Å². The van der Waals surface area contributed by atoms with Gasteiger partial charge in [0.15, 0.2) is 0 Å². The summed E-state index contributed by atoms with van der Waals surface area (Å²) >= 11 is 11.4. The molecule has 2 rings (SSSR count). The minimum atomic E-state index is 0.107. The Morgan fingerprint density at radius 1 is 1.29 bits per heavy atom. The lowest BCUT2D eigenvalue weighted by atomic mass is 10.3. The fourth-order valence-corrected chi connectivity index (χ4v) is 1.99. The molecule has 17 heavy (non-hydrogen) atoms. The molecule has 94 valence electrons. The van der Waals surface area contributed by atoms with E-state index in [1.165, 1.54) is 12.8 Å². The summed E-state index contributed by atoms with van der Waals surface area (Å²) in [6.07, 6.45) is 2.59. The molecule has 0 spiro atoms.